The molecule has 2 heterocycles. The summed E-state index contributed by atoms with van der Waals surface area (Å²) >= 11 is 0. The summed E-state index contributed by atoms with van der Waals surface area (Å²) in [6.45, 7) is 11.5. The summed E-state index contributed by atoms with van der Waals surface area (Å²) in [4.78, 5) is 7.00. The van der Waals surface area contributed by atoms with Gasteiger partial charge in [-0.15, -0.1) is 0 Å². The Morgan fingerprint density at radius 2 is 1.95 bits per heavy atom. The molecule has 3 heteroatoms. The molecule has 1 atom stereocenters. The van der Waals surface area contributed by atoms with E-state index in [1.807, 2.05) is 13.2 Å². The third-order valence-corrected chi connectivity index (χ3v) is 4.75. The summed E-state index contributed by atoms with van der Waals surface area (Å²) in [5.41, 5.74) is 1.75. The first-order valence-corrected chi connectivity index (χ1v) is 7.80. The fraction of sp³-hybridized carbons (Fsp3) is 0.706. The van der Waals surface area contributed by atoms with Gasteiger partial charge in [0.05, 0.1) is 0 Å². The van der Waals surface area contributed by atoms with Crippen LogP contribution in [0, 0.1) is 11.3 Å². The molecule has 0 aromatic carbocycles. The molecule has 0 spiro atoms. The molecule has 1 aromatic heterocycles. The summed E-state index contributed by atoms with van der Waals surface area (Å²) < 4.78 is 0. The Morgan fingerprint density at radius 1 is 1.30 bits per heavy atom. The maximum atomic E-state index is 4.57. The molecule has 1 aliphatic rings. The van der Waals surface area contributed by atoms with Crippen LogP contribution in [0.4, 0.5) is 5.82 Å². The SMILES string of the molecule is CNC(C)c1ccnc(N2CCC(C(C)(C)C)CC2)c1. The Labute approximate surface area is 123 Å². The summed E-state index contributed by atoms with van der Waals surface area (Å²) in [5.74, 6) is 1.97. The fourth-order valence-electron chi connectivity index (χ4n) is 3.02. The molecule has 3 nitrogen and oxygen atoms in total. The quantitative estimate of drug-likeness (QED) is 0.913. The van der Waals surface area contributed by atoms with Crippen LogP contribution in [0.1, 0.15) is 52.1 Å². The van der Waals surface area contributed by atoms with Crippen LogP contribution in [-0.2, 0) is 0 Å². The summed E-state index contributed by atoms with van der Waals surface area (Å²) in [6.07, 6.45) is 4.49. The zero-order chi connectivity index (χ0) is 14.8. The van der Waals surface area contributed by atoms with Gasteiger partial charge in [0.2, 0.25) is 0 Å². The Hall–Kier alpha value is -1.09. The van der Waals surface area contributed by atoms with Crippen LogP contribution in [0.25, 0.3) is 0 Å². The van der Waals surface area contributed by atoms with E-state index in [1.54, 1.807) is 0 Å². The molecular formula is C17H29N3. The highest BCUT2D eigenvalue weighted by atomic mass is 15.2. The molecule has 0 radical (unpaired) electrons. The lowest BCUT2D eigenvalue weighted by Crippen LogP contribution is -2.38. The topological polar surface area (TPSA) is 28.2 Å². The Bertz CT molecular complexity index is 428. The van der Waals surface area contributed by atoms with E-state index in [9.17, 15) is 0 Å². The first-order chi connectivity index (χ1) is 9.41. The third-order valence-electron chi connectivity index (χ3n) is 4.75. The average molecular weight is 275 g/mol. The van der Waals surface area contributed by atoms with E-state index in [1.165, 1.54) is 18.4 Å². The molecule has 20 heavy (non-hydrogen) atoms. The van der Waals surface area contributed by atoms with Crippen molar-refractivity contribution in [2.24, 2.45) is 11.3 Å². The molecule has 2 rings (SSSR count). The van der Waals surface area contributed by atoms with Crippen LogP contribution in [0.3, 0.4) is 0 Å². The lowest BCUT2D eigenvalue weighted by atomic mass is 9.75. The minimum Gasteiger partial charge on any atom is -0.357 e. The van der Waals surface area contributed by atoms with Crippen molar-refractivity contribution in [1.29, 1.82) is 0 Å². The maximum Gasteiger partial charge on any atom is 0.128 e. The second kappa shape index (κ2) is 6.13. The predicted molar refractivity (Wildman–Crippen MR) is 86.1 cm³/mol. The molecule has 1 aliphatic heterocycles. The zero-order valence-corrected chi connectivity index (χ0v) is 13.6. The molecule has 1 fully saturated rings. The second-order valence-electron chi connectivity index (χ2n) is 7.09. The van der Waals surface area contributed by atoms with Crippen molar-refractivity contribution < 1.29 is 0 Å². The van der Waals surface area contributed by atoms with Gasteiger partial charge in [0.25, 0.3) is 0 Å². The predicted octanol–water partition coefficient (Wildman–Crippen LogP) is 3.62. The molecule has 1 saturated heterocycles. The average Bonchev–Trinajstić information content (AvgIpc) is 2.46. The largest absolute Gasteiger partial charge is 0.357 e. The van der Waals surface area contributed by atoms with E-state index in [4.69, 9.17) is 0 Å². The summed E-state index contributed by atoms with van der Waals surface area (Å²) in [7, 11) is 2.00. The number of aromatic nitrogens is 1. The fourth-order valence-corrected chi connectivity index (χ4v) is 3.02. The Morgan fingerprint density at radius 3 is 2.50 bits per heavy atom. The number of nitrogens with one attached hydrogen (secondary N) is 1. The molecular weight excluding hydrogens is 246 g/mol. The normalized spacial score (nSPS) is 19.1. The van der Waals surface area contributed by atoms with Crippen LogP contribution in [0.15, 0.2) is 18.3 Å². The van der Waals surface area contributed by atoms with Crippen molar-refractivity contribution >= 4 is 5.82 Å². The number of piperidine rings is 1. The van der Waals surface area contributed by atoms with E-state index < -0.39 is 0 Å². The number of hydrogen-bond acceptors (Lipinski definition) is 3. The van der Waals surface area contributed by atoms with Gasteiger partial charge in [-0.2, -0.15) is 0 Å². The van der Waals surface area contributed by atoms with E-state index in [0.717, 1.165) is 24.8 Å². The molecule has 1 unspecified atom stereocenters. The molecule has 1 N–H and O–H groups in total. The van der Waals surface area contributed by atoms with Gasteiger partial charge in [-0.1, -0.05) is 20.8 Å². The smallest absolute Gasteiger partial charge is 0.128 e. The van der Waals surface area contributed by atoms with Gasteiger partial charge in [0, 0.05) is 25.3 Å². The van der Waals surface area contributed by atoms with Crippen molar-refractivity contribution in [3.63, 3.8) is 0 Å². The molecule has 112 valence electrons. The number of anilines is 1. The van der Waals surface area contributed by atoms with E-state index >= 15 is 0 Å². The molecule has 1 aromatic rings. The second-order valence-corrected chi connectivity index (χ2v) is 7.09. The van der Waals surface area contributed by atoms with E-state index in [2.05, 4.69) is 55.0 Å². The third kappa shape index (κ3) is 3.51. The van der Waals surface area contributed by atoms with Crippen molar-refractivity contribution in [3.05, 3.63) is 23.9 Å². The van der Waals surface area contributed by atoms with Crippen molar-refractivity contribution in [2.45, 2.75) is 46.6 Å². The highest BCUT2D eigenvalue weighted by molar-refractivity contribution is 5.42. The van der Waals surface area contributed by atoms with E-state index in [0.29, 0.717) is 11.5 Å². The highest BCUT2D eigenvalue weighted by Crippen LogP contribution is 2.35. The van der Waals surface area contributed by atoms with Crippen molar-refractivity contribution in [3.8, 4) is 0 Å². The number of nitrogens with zero attached hydrogens (tertiary/aromatic N) is 2. The minimum atomic E-state index is 0.379. The maximum absolute atomic E-state index is 4.57. The van der Waals surface area contributed by atoms with Crippen LogP contribution >= 0.6 is 0 Å². The Balaban J connectivity index is 2.04. The molecule has 0 bridgehead atoms. The van der Waals surface area contributed by atoms with Crippen LogP contribution < -0.4 is 10.2 Å². The number of pyridine rings is 1. The monoisotopic (exact) mass is 275 g/mol. The lowest BCUT2D eigenvalue weighted by molar-refractivity contribution is 0.198. The first kappa shape index (κ1) is 15.3. The van der Waals surface area contributed by atoms with Gasteiger partial charge in [-0.25, -0.2) is 4.98 Å². The molecule has 0 saturated carbocycles. The van der Waals surface area contributed by atoms with Gasteiger partial charge in [0.1, 0.15) is 5.82 Å². The summed E-state index contributed by atoms with van der Waals surface area (Å²) in [5, 5.41) is 3.29. The lowest BCUT2D eigenvalue weighted by Gasteiger charge is -2.39. The molecule has 0 aliphatic carbocycles. The molecule has 0 amide bonds. The summed E-state index contributed by atoms with van der Waals surface area (Å²) in [6, 6.07) is 4.72. The minimum absolute atomic E-state index is 0.379. The van der Waals surface area contributed by atoms with Crippen LogP contribution in [-0.4, -0.2) is 25.1 Å². The van der Waals surface area contributed by atoms with Gasteiger partial charge < -0.3 is 10.2 Å². The van der Waals surface area contributed by atoms with Crippen molar-refractivity contribution in [1.82, 2.24) is 10.3 Å². The number of hydrogen-bond donors (Lipinski definition) is 1. The Kier molecular flexibility index (Phi) is 4.69. The van der Waals surface area contributed by atoms with Gasteiger partial charge >= 0.3 is 0 Å². The van der Waals surface area contributed by atoms with Gasteiger partial charge in [-0.3, -0.25) is 0 Å². The van der Waals surface area contributed by atoms with Crippen molar-refractivity contribution in [2.75, 3.05) is 25.0 Å². The van der Waals surface area contributed by atoms with Crippen LogP contribution in [0.5, 0.6) is 0 Å². The number of rotatable bonds is 3. The first-order valence-electron chi connectivity index (χ1n) is 7.80. The standard InChI is InChI=1S/C17H29N3/c1-13(18-5)14-6-9-19-16(12-14)20-10-7-15(8-11-20)17(2,3)4/h6,9,12-13,15,18H,7-8,10-11H2,1-5H3. The van der Waals surface area contributed by atoms with E-state index in [-0.39, 0.29) is 0 Å². The highest BCUT2D eigenvalue weighted by Gasteiger charge is 2.29. The van der Waals surface area contributed by atoms with Gasteiger partial charge in [0.15, 0.2) is 0 Å². The van der Waals surface area contributed by atoms with Gasteiger partial charge in [-0.05, 0) is 55.8 Å². The van der Waals surface area contributed by atoms with Crippen LogP contribution in [0.2, 0.25) is 0 Å². The zero-order valence-electron chi connectivity index (χ0n) is 13.6.